The van der Waals surface area contributed by atoms with E-state index in [2.05, 4.69) is 10.3 Å². The maximum atomic E-state index is 12.2. The summed E-state index contributed by atoms with van der Waals surface area (Å²) in [6.07, 6.45) is 3.41. The summed E-state index contributed by atoms with van der Waals surface area (Å²) in [6.45, 7) is 5.65. The minimum Gasteiger partial charge on any atom is -0.348 e. The van der Waals surface area contributed by atoms with Crippen molar-refractivity contribution in [2.75, 3.05) is 13.1 Å². The van der Waals surface area contributed by atoms with Crippen molar-refractivity contribution >= 4 is 11.8 Å². The molecule has 0 atom stereocenters. The summed E-state index contributed by atoms with van der Waals surface area (Å²) in [5, 5.41) is 2.83. The molecule has 0 aliphatic carbocycles. The van der Waals surface area contributed by atoms with Gasteiger partial charge in [-0.05, 0) is 49.7 Å². The maximum Gasteiger partial charge on any atom is 0.253 e. The maximum absolute atomic E-state index is 12.2. The number of aromatic nitrogens is 1. The second-order valence-electron chi connectivity index (χ2n) is 5.10. The molecular weight excluding hydrogens is 290 g/mol. The molecule has 0 bridgehead atoms. The fourth-order valence-electron chi connectivity index (χ4n) is 2.24. The standard InChI is InChI=1S/C18H21N3O2/c1-3-21(4-2)18(23)16-9-7-15(8-10-16)17(22)20-13-14-6-5-11-19-12-14/h5-12H,3-4,13H2,1-2H3,(H,20,22). The molecule has 2 amide bonds. The van der Waals surface area contributed by atoms with E-state index in [1.165, 1.54) is 0 Å². The Hall–Kier alpha value is -2.69. The number of hydrogen-bond acceptors (Lipinski definition) is 3. The van der Waals surface area contributed by atoms with E-state index in [4.69, 9.17) is 0 Å². The van der Waals surface area contributed by atoms with Crippen LogP contribution in [0, 0.1) is 0 Å². The van der Waals surface area contributed by atoms with Crippen molar-refractivity contribution in [3.05, 3.63) is 65.5 Å². The van der Waals surface area contributed by atoms with Crippen LogP contribution in [0.5, 0.6) is 0 Å². The van der Waals surface area contributed by atoms with Crippen molar-refractivity contribution in [2.45, 2.75) is 20.4 Å². The Kier molecular flexibility index (Phi) is 5.86. The molecule has 0 saturated heterocycles. The summed E-state index contributed by atoms with van der Waals surface area (Å²) in [7, 11) is 0. The zero-order valence-electron chi connectivity index (χ0n) is 13.5. The molecule has 1 heterocycles. The van der Waals surface area contributed by atoms with E-state index in [0.29, 0.717) is 30.8 Å². The lowest BCUT2D eigenvalue weighted by Gasteiger charge is -2.18. The van der Waals surface area contributed by atoms with Gasteiger partial charge in [-0.2, -0.15) is 0 Å². The van der Waals surface area contributed by atoms with Gasteiger partial charge in [0.1, 0.15) is 0 Å². The van der Waals surface area contributed by atoms with Crippen molar-refractivity contribution < 1.29 is 9.59 Å². The molecule has 0 unspecified atom stereocenters. The van der Waals surface area contributed by atoms with Gasteiger partial charge in [-0.25, -0.2) is 0 Å². The van der Waals surface area contributed by atoms with Crippen LogP contribution in [0.3, 0.4) is 0 Å². The van der Waals surface area contributed by atoms with Crippen LogP contribution < -0.4 is 5.32 Å². The summed E-state index contributed by atoms with van der Waals surface area (Å²) < 4.78 is 0. The van der Waals surface area contributed by atoms with Crippen molar-refractivity contribution in [1.82, 2.24) is 15.2 Å². The largest absolute Gasteiger partial charge is 0.348 e. The molecule has 1 N–H and O–H groups in total. The molecule has 1 aromatic carbocycles. The van der Waals surface area contributed by atoms with Crippen LogP contribution in [0.2, 0.25) is 0 Å². The molecule has 2 rings (SSSR count). The highest BCUT2D eigenvalue weighted by Gasteiger charge is 2.13. The van der Waals surface area contributed by atoms with Crippen LogP contribution >= 0.6 is 0 Å². The zero-order valence-corrected chi connectivity index (χ0v) is 13.5. The highest BCUT2D eigenvalue weighted by atomic mass is 16.2. The van der Waals surface area contributed by atoms with Crippen LogP contribution in [0.4, 0.5) is 0 Å². The number of carbonyl (C=O) groups is 2. The number of rotatable bonds is 6. The van der Waals surface area contributed by atoms with Gasteiger partial charge < -0.3 is 10.2 Å². The van der Waals surface area contributed by atoms with Crippen molar-refractivity contribution in [3.63, 3.8) is 0 Å². The molecular formula is C18H21N3O2. The van der Waals surface area contributed by atoms with Gasteiger partial charge in [0.25, 0.3) is 11.8 Å². The van der Waals surface area contributed by atoms with Gasteiger partial charge in [0.2, 0.25) is 0 Å². The van der Waals surface area contributed by atoms with E-state index in [-0.39, 0.29) is 11.8 Å². The topological polar surface area (TPSA) is 62.3 Å². The first-order chi connectivity index (χ1) is 11.2. The monoisotopic (exact) mass is 311 g/mol. The van der Waals surface area contributed by atoms with Crippen molar-refractivity contribution in [2.24, 2.45) is 0 Å². The Morgan fingerprint density at radius 2 is 1.70 bits per heavy atom. The first-order valence-electron chi connectivity index (χ1n) is 7.72. The highest BCUT2D eigenvalue weighted by Crippen LogP contribution is 2.08. The predicted octanol–water partition coefficient (Wildman–Crippen LogP) is 2.49. The molecule has 23 heavy (non-hydrogen) atoms. The zero-order chi connectivity index (χ0) is 16.7. The Morgan fingerprint density at radius 1 is 1.04 bits per heavy atom. The number of hydrogen-bond donors (Lipinski definition) is 1. The molecule has 0 aliphatic heterocycles. The van der Waals surface area contributed by atoms with E-state index in [1.807, 2.05) is 26.0 Å². The van der Waals surface area contributed by atoms with Gasteiger partial charge in [0.05, 0.1) is 0 Å². The third-order valence-electron chi connectivity index (χ3n) is 3.62. The van der Waals surface area contributed by atoms with Crippen molar-refractivity contribution in [3.8, 4) is 0 Å². The molecule has 120 valence electrons. The number of carbonyl (C=O) groups excluding carboxylic acids is 2. The second kappa shape index (κ2) is 8.08. The Balaban J connectivity index is 1.98. The third kappa shape index (κ3) is 4.39. The van der Waals surface area contributed by atoms with Crippen LogP contribution in [-0.4, -0.2) is 34.8 Å². The summed E-state index contributed by atoms with van der Waals surface area (Å²) in [5.74, 6) is -0.187. The second-order valence-corrected chi connectivity index (χ2v) is 5.10. The van der Waals surface area contributed by atoms with E-state index < -0.39 is 0 Å². The average Bonchev–Trinajstić information content (AvgIpc) is 2.61. The number of amides is 2. The van der Waals surface area contributed by atoms with Crippen molar-refractivity contribution in [1.29, 1.82) is 0 Å². The SMILES string of the molecule is CCN(CC)C(=O)c1ccc(C(=O)NCc2cccnc2)cc1. The lowest BCUT2D eigenvalue weighted by atomic mass is 10.1. The molecule has 0 spiro atoms. The number of nitrogens with one attached hydrogen (secondary N) is 1. The van der Waals surface area contributed by atoms with Gasteiger partial charge in [-0.1, -0.05) is 6.07 Å². The number of nitrogens with zero attached hydrogens (tertiary/aromatic N) is 2. The van der Waals surface area contributed by atoms with Crippen LogP contribution in [-0.2, 0) is 6.54 Å². The average molecular weight is 311 g/mol. The molecule has 0 radical (unpaired) electrons. The Labute approximate surface area is 136 Å². The van der Waals surface area contributed by atoms with E-state index in [9.17, 15) is 9.59 Å². The first kappa shape index (κ1) is 16.7. The van der Waals surface area contributed by atoms with E-state index >= 15 is 0 Å². The quantitative estimate of drug-likeness (QED) is 0.891. The van der Waals surface area contributed by atoms with Crippen LogP contribution in [0.25, 0.3) is 0 Å². The molecule has 5 nitrogen and oxygen atoms in total. The predicted molar refractivity (Wildman–Crippen MR) is 89.1 cm³/mol. The summed E-state index contributed by atoms with van der Waals surface area (Å²) >= 11 is 0. The van der Waals surface area contributed by atoms with Gasteiger partial charge in [0.15, 0.2) is 0 Å². The van der Waals surface area contributed by atoms with E-state index in [1.54, 1.807) is 41.6 Å². The number of benzene rings is 1. The first-order valence-corrected chi connectivity index (χ1v) is 7.72. The fourth-order valence-corrected chi connectivity index (χ4v) is 2.24. The normalized spacial score (nSPS) is 10.2. The van der Waals surface area contributed by atoms with Crippen LogP contribution in [0.15, 0.2) is 48.8 Å². The minimum absolute atomic E-state index is 0.0164. The van der Waals surface area contributed by atoms with Gasteiger partial charge in [-0.3, -0.25) is 14.6 Å². The Bertz CT molecular complexity index is 650. The van der Waals surface area contributed by atoms with Crippen LogP contribution in [0.1, 0.15) is 40.1 Å². The lowest BCUT2D eigenvalue weighted by Crippen LogP contribution is -2.30. The van der Waals surface area contributed by atoms with E-state index in [0.717, 1.165) is 5.56 Å². The Morgan fingerprint density at radius 3 is 2.26 bits per heavy atom. The lowest BCUT2D eigenvalue weighted by molar-refractivity contribution is 0.0772. The van der Waals surface area contributed by atoms with Gasteiger partial charge >= 0.3 is 0 Å². The molecule has 1 aromatic heterocycles. The smallest absolute Gasteiger partial charge is 0.253 e. The highest BCUT2D eigenvalue weighted by molar-refractivity contribution is 5.97. The summed E-state index contributed by atoms with van der Waals surface area (Å²) in [4.78, 5) is 30.1. The molecule has 0 saturated carbocycles. The number of pyridine rings is 1. The summed E-state index contributed by atoms with van der Waals surface area (Å²) in [6, 6.07) is 10.5. The minimum atomic E-state index is -0.171. The molecule has 5 heteroatoms. The fraction of sp³-hybridized carbons (Fsp3) is 0.278. The molecule has 0 fully saturated rings. The molecule has 0 aliphatic rings. The summed E-state index contributed by atoms with van der Waals surface area (Å²) in [5.41, 5.74) is 2.07. The molecule has 2 aromatic rings. The third-order valence-corrected chi connectivity index (χ3v) is 3.62. The van der Waals surface area contributed by atoms with Gasteiger partial charge in [-0.15, -0.1) is 0 Å². The van der Waals surface area contributed by atoms with Gasteiger partial charge in [0, 0.05) is 43.2 Å².